The number of aryl methyl sites for hydroxylation is 1. The number of esters is 2. The molecule has 0 aromatic heterocycles. The Morgan fingerprint density at radius 1 is 0.593 bits per heavy atom. The summed E-state index contributed by atoms with van der Waals surface area (Å²) in [4.78, 5) is 93.4. The van der Waals surface area contributed by atoms with Crippen molar-refractivity contribution in [1.29, 1.82) is 0 Å². The number of fused-ring (bicyclic) bond motifs is 2. The van der Waals surface area contributed by atoms with Gasteiger partial charge in [-0.05, 0) is 91.2 Å². The van der Waals surface area contributed by atoms with Crippen LogP contribution in [0.1, 0.15) is 104 Å². The number of rotatable bonds is 10. The molecule has 2 heterocycles. The molecular formula is C43H32N2O9. The summed E-state index contributed by atoms with van der Waals surface area (Å²) in [5.41, 5.74) is 3.82. The summed E-state index contributed by atoms with van der Waals surface area (Å²) in [6, 6.07) is 27.1. The lowest BCUT2D eigenvalue weighted by molar-refractivity contribution is 0.0688. The number of nitrogens with zero attached hydrogens (tertiary/aromatic N) is 2. The van der Waals surface area contributed by atoms with Crippen molar-refractivity contribution in [2.75, 3.05) is 11.9 Å². The molecule has 4 amide bonds. The van der Waals surface area contributed by atoms with Crippen molar-refractivity contribution in [2.24, 2.45) is 0 Å². The van der Waals surface area contributed by atoms with Gasteiger partial charge in [0.1, 0.15) is 11.5 Å². The Balaban J connectivity index is 1.10. The van der Waals surface area contributed by atoms with Crippen LogP contribution in [-0.4, -0.2) is 53.3 Å². The van der Waals surface area contributed by atoms with Crippen molar-refractivity contribution < 1.29 is 43.0 Å². The van der Waals surface area contributed by atoms with Crippen molar-refractivity contribution in [2.45, 2.75) is 33.1 Å². The standard InChI is InChI=1S/C43H32N2O9/c1-4-5-6-36(46)35-23-30(53-42(51)27-13-18-31-33(21-27)39(48)44(3)38(31)47)17-20-37(35)54-43(52)28-14-19-32-34(22-28)41(50)45(40(32)49)29-15-11-26(12-16-29)25-9-7-24(2)8-10-25/h7-23H,4-6H2,1-3H3. The van der Waals surface area contributed by atoms with E-state index in [4.69, 9.17) is 9.47 Å². The van der Waals surface area contributed by atoms with Gasteiger partial charge in [-0.3, -0.25) is 28.9 Å². The second kappa shape index (κ2) is 14.2. The Morgan fingerprint density at radius 2 is 1.13 bits per heavy atom. The topological polar surface area (TPSA) is 144 Å². The number of imide groups is 2. The summed E-state index contributed by atoms with van der Waals surface area (Å²) in [6.07, 6.45) is 1.41. The molecule has 0 unspecified atom stereocenters. The molecule has 11 nitrogen and oxygen atoms in total. The highest BCUT2D eigenvalue weighted by molar-refractivity contribution is 6.34. The molecule has 268 valence electrons. The number of benzene rings is 5. The van der Waals surface area contributed by atoms with E-state index in [1.165, 1.54) is 61.6 Å². The first-order valence-electron chi connectivity index (χ1n) is 17.2. The summed E-state index contributed by atoms with van der Waals surface area (Å²) in [7, 11) is 1.35. The molecule has 0 bridgehead atoms. The SMILES string of the molecule is CCCCC(=O)c1cc(OC(=O)c2ccc3c(c2)C(=O)N(C)C3=O)ccc1OC(=O)c1ccc2c(c1)C(=O)N(c1ccc(-c3ccc(C)cc3)cc1)C2=O. The van der Waals surface area contributed by atoms with Gasteiger partial charge >= 0.3 is 11.9 Å². The summed E-state index contributed by atoms with van der Waals surface area (Å²) in [5.74, 6) is -4.33. The maximum absolute atomic E-state index is 13.5. The third-order valence-electron chi connectivity index (χ3n) is 9.38. The zero-order valence-corrected chi connectivity index (χ0v) is 29.5. The number of hydrogen-bond acceptors (Lipinski definition) is 9. The fourth-order valence-corrected chi connectivity index (χ4v) is 6.32. The average molecular weight is 721 g/mol. The molecule has 0 atom stereocenters. The van der Waals surface area contributed by atoms with E-state index in [0.717, 1.165) is 32.9 Å². The second-order valence-corrected chi connectivity index (χ2v) is 13.0. The predicted octanol–water partition coefficient (Wildman–Crippen LogP) is 7.50. The Kier molecular flexibility index (Phi) is 9.30. The number of ether oxygens (including phenoxy) is 2. The molecule has 2 aliphatic rings. The number of carbonyl (C=O) groups excluding carboxylic acids is 7. The third-order valence-corrected chi connectivity index (χ3v) is 9.38. The summed E-state index contributed by atoms with van der Waals surface area (Å²) < 4.78 is 11.2. The minimum absolute atomic E-state index is 0.00822. The molecule has 0 N–H and O–H groups in total. The normalized spacial score (nSPS) is 13.2. The maximum Gasteiger partial charge on any atom is 0.343 e. The van der Waals surface area contributed by atoms with Gasteiger partial charge in [0.2, 0.25) is 0 Å². The van der Waals surface area contributed by atoms with Gasteiger partial charge in [-0.15, -0.1) is 0 Å². The minimum atomic E-state index is -0.879. The van der Waals surface area contributed by atoms with Crippen molar-refractivity contribution in [1.82, 2.24) is 4.90 Å². The van der Waals surface area contributed by atoms with Crippen molar-refractivity contribution in [3.8, 4) is 22.6 Å². The number of ketones is 1. The first-order valence-corrected chi connectivity index (χ1v) is 17.2. The van der Waals surface area contributed by atoms with Gasteiger partial charge in [-0.1, -0.05) is 55.3 Å². The lowest BCUT2D eigenvalue weighted by atomic mass is 10.0. The Bertz CT molecular complexity index is 2430. The van der Waals surface area contributed by atoms with Gasteiger partial charge in [-0.25, -0.2) is 14.5 Å². The highest BCUT2D eigenvalue weighted by Gasteiger charge is 2.38. The van der Waals surface area contributed by atoms with Crippen LogP contribution in [0.5, 0.6) is 11.5 Å². The van der Waals surface area contributed by atoms with Crippen molar-refractivity contribution in [3.05, 3.63) is 148 Å². The molecule has 0 spiro atoms. The molecule has 54 heavy (non-hydrogen) atoms. The predicted molar refractivity (Wildman–Crippen MR) is 197 cm³/mol. The molecule has 11 heteroatoms. The minimum Gasteiger partial charge on any atom is -0.423 e. The van der Waals surface area contributed by atoms with E-state index in [2.05, 4.69) is 0 Å². The van der Waals surface area contributed by atoms with Gasteiger partial charge in [0, 0.05) is 13.5 Å². The number of hydrogen-bond donors (Lipinski definition) is 0. The number of anilines is 1. The van der Waals surface area contributed by atoms with Gasteiger partial charge in [0.05, 0.1) is 44.6 Å². The zero-order valence-electron chi connectivity index (χ0n) is 29.5. The Labute approximate surface area is 309 Å². The van der Waals surface area contributed by atoms with E-state index in [0.29, 0.717) is 12.1 Å². The molecule has 0 saturated carbocycles. The van der Waals surface area contributed by atoms with Crippen molar-refractivity contribution >= 4 is 47.0 Å². The summed E-state index contributed by atoms with van der Waals surface area (Å²) in [6.45, 7) is 3.92. The second-order valence-electron chi connectivity index (χ2n) is 13.0. The van der Waals surface area contributed by atoms with Crippen LogP contribution in [0.15, 0.2) is 103 Å². The highest BCUT2D eigenvalue weighted by atomic mass is 16.5. The van der Waals surface area contributed by atoms with Crippen molar-refractivity contribution in [3.63, 3.8) is 0 Å². The van der Waals surface area contributed by atoms with Gasteiger partial charge in [0.25, 0.3) is 23.6 Å². The molecular weight excluding hydrogens is 688 g/mol. The van der Waals surface area contributed by atoms with E-state index in [1.54, 1.807) is 12.1 Å². The molecule has 2 aliphatic heterocycles. The van der Waals surface area contributed by atoms with Crippen LogP contribution in [0, 0.1) is 6.92 Å². The largest absolute Gasteiger partial charge is 0.423 e. The fourth-order valence-electron chi connectivity index (χ4n) is 6.32. The van der Waals surface area contributed by atoms with Crippen LogP contribution in [0.2, 0.25) is 0 Å². The molecule has 5 aromatic carbocycles. The zero-order chi connectivity index (χ0) is 38.3. The quantitative estimate of drug-likeness (QED) is 0.0620. The Hall–Kier alpha value is -7.01. The smallest absolute Gasteiger partial charge is 0.343 e. The fraction of sp³-hybridized carbons (Fsp3) is 0.140. The molecule has 0 saturated heterocycles. The number of Topliss-reactive ketones (excluding diaryl/α,β-unsaturated/α-hetero) is 1. The van der Waals surface area contributed by atoms with Gasteiger partial charge in [-0.2, -0.15) is 0 Å². The van der Waals surface area contributed by atoms with Crippen LogP contribution < -0.4 is 14.4 Å². The highest BCUT2D eigenvalue weighted by Crippen LogP contribution is 2.33. The van der Waals surface area contributed by atoms with Crippen LogP contribution >= 0.6 is 0 Å². The first-order chi connectivity index (χ1) is 25.9. The molecule has 0 aliphatic carbocycles. The summed E-state index contributed by atoms with van der Waals surface area (Å²) in [5, 5.41) is 0. The molecule has 0 radical (unpaired) electrons. The van der Waals surface area contributed by atoms with Crippen LogP contribution in [0.25, 0.3) is 11.1 Å². The summed E-state index contributed by atoms with van der Waals surface area (Å²) >= 11 is 0. The third kappa shape index (κ3) is 6.47. The average Bonchev–Trinajstić information content (AvgIpc) is 3.56. The number of amides is 4. The van der Waals surface area contributed by atoms with E-state index in [-0.39, 0.29) is 62.6 Å². The monoisotopic (exact) mass is 720 g/mol. The van der Waals surface area contributed by atoms with E-state index < -0.39 is 35.6 Å². The first kappa shape index (κ1) is 35.4. The van der Waals surface area contributed by atoms with E-state index >= 15 is 0 Å². The molecule has 5 aromatic rings. The van der Waals surface area contributed by atoms with Crippen LogP contribution in [0.3, 0.4) is 0 Å². The van der Waals surface area contributed by atoms with E-state index in [9.17, 15) is 33.6 Å². The lowest BCUT2D eigenvalue weighted by Crippen LogP contribution is -2.29. The Morgan fingerprint density at radius 3 is 1.76 bits per heavy atom. The van der Waals surface area contributed by atoms with Crippen LogP contribution in [0.4, 0.5) is 5.69 Å². The number of unbranched alkanes of at least 4 members (excludes halogenated alkanes) is 1. The van der Waals surface area contributed by atoms with Gasteiger partial charge in [0.15, 0.2) is 5.78 Å². The molecule has 0 fully saturated rings. The maximum atomic E-state index is 13.5. The number of carbonyl (C=O) groups is 7. The lowest BCUT2D eigenvalue weighted by Gasteiger charge is -2.14. The van der Waals surface area contributed by atoms with E-state index in [1.807, 2.05) is 50.2 Å². The molecule has 7 rings (SSSR count). The van der Waals surface area contributed by atoms with Crippen LogP contribution in [-0.2, 0) is 0 Å². The van der Waals surface area contributed by atoms with Gasteiger partial charge < -0.3 is 9.47 Å².